The summed E-state index contributed by atoms with van der Waals surface area (Å²) in [4.78, 5) is 14.4. The summed E-state index contributed by atoms with van der Waals surface area (Å²) in [6, 6.07) is 29.2. The van der Waals surface area contributed by atoms with Gasteiger partial charge in [0.15, 0.2) is 0 Å². The molecule has 2 aromatic heterocycles. The first-order valence-corrected chi connectivity index (χ1v) is 11.2. The summed E-state index contributed by atoms with van der Waals surface area (Å²) in [7, 11) is 0. The van der Waals surface area contributed by atoms with E-state index in [2.05, 4.69) is 78.0 Å². The van der Waals surface area contributed by atoms with Gasteiger partial charge < -0.3 is 9.55 Å². The van der Waals surface area contributed by atoms with Crippen LogP contribution >= 0.6 is 0 Å². The molecule has 0 saturated carbocycles. The van der Waals surface area contributed by atoms with E-state index < -0.39 is 0 Å². The van der Waals surface area contributed by atoms with Gasteiger partial charge in [0.2, 0.25) is 0 Å². The molecule has 1 N–H and O–H groups in total. The fourth-order valence-electron chi connectivity index (χ4n) is 4.71. The van der Waals surface area contributed by atoms with Gasteiger partial charge in [-0.1, -0.05) is 61.5 Å². The van der Waals surface area contributed by atoms with Crippen molar-refractivity contribution in [3.05, 3.63) is 96.1 Å². The van der Waals surface area contributed by atoms with Gasteiger partial charge >= 0.3 is 0 Å². The number of aromatic amines is 1. The fraction of sp³-hybridized carbons (Fsp3) is 0.138. The van der Waals surface area contributed by atoms with Crippen molar-refractivity contribution in [2.45, 2.75) is 26.8 Å². The van der Waals surface area contributed by atoms with Crippen LogP contribution in [0.5, 0.6) is 0 Å². The maximum absolute atomic E-state index is 10.9. The second kappa shape index (κ2) is 8.35. The number of para-hydroxylation sites is 3. The van der Waals surface area contributed by atoms with Crippen LogP contribution in [0.2, 0.25) is 0 Å². The number of nitrogens with one attached hydrogen (secondary N) is 1. The molecule has 0 aliphatic heterocycles. The molecule has 0 saturated heterocycles. The standard InChI is InChI=1S/C15H13NO.C14H13N/c1-2-16-14-6-4-3-5-12(14)13-9-11(10-17)7-8-15(13)16;1-2-10-6-5-8-12-11-7-3-4-9-13(11)15-14(10)12/h3-10H,2H2,1H3;3-9,15H,2H2,1H3. The summed E-state index contributed by atoms with van der Waals surface area (Å²) < 4.78 is 2.28. The van der Waals surface area contributed by atoms with Crippen molar-refractivity contribution >= 4 is 49.9 Å². The van der Waals surface area contributed by atoms with Gasteiger partial charge in [-0.25, -0.2) is 0 Å². The van der Waals surface area contributed by atoms with E-state index in [1.807, 2.05) is 30.3 Å². The lowest BCUT2D eigenvalue weighted by molar-refractivity contribution is 0.112. The van der Waals surface area contributed by atoms with Crippen molar-refractivity contribution < 1.29 is 4.79 Å². The van der Waals surface area contributed by atoms with Crippen LogP contribution in [-0.2, 0) is 13.0 Å². The normalized spacial score (nSPS) is 11.2. The second-order valence-electron chi connectivity index (χ2n) is 8.02. The summed E-state index contributed by atoms with van der Waals surface area (Å²) in [5, 5.41) is 5.04. The number of carbonyl (C=O) groups is 1. The number of aldehydes is 1. The molecular weight excluding hydrogens is 392 g/mol. The first-order chi connectivity index (χ1) is 15.7. The van der Waals surface area contributed by atoms with E-state index in [1.165, 1.54) is 43.8 Å². The summed E-state index contributed by atoms with van der Waals surface area (Å²) >= 11 is 0. The predicted molar refractivity (Wildman–Crippen MR) is 136 cm³/mol. The van der Waals surface area contributed by atoms with Crippen LogP contribution in [0, 0.1) is 0 Å². The SMILES string of the molecule is CCc1cccc2c1[nH]c1ccccc12.CCn1c2ccccc2c2cc(C=O)ccc21. The Morgan fingerprint density at radius 2 is 1.47 bits per heavy atom. The number of hydrogen-bond donors (Lipinski definition) is 1. The number of carbonyl (C=O) groups excluding carboxylic acids is 1. The van der Waals surface area contributed by atoms with Crippen LogP contribution in [-0.4, -0.2) is 15.8 Å². The fourth-order valence-corrected chi connectivity index (χ4v) is 4.71. The third-order valence-electron chi connectivity index (χ3n) is 6.26. The predicted octanol–water partition coefficient (Wildman–Crippen LogP) is 7.51. The van der Waals surface area contributed by atoms with Gasteiger partial charge in [-0.15, -0.1) is 0 Å². The monoisotopic (exact) mass is 418 g/mol. The molecule has 6 aromatic rings. The van der Waals surface area contributed by atoms with E-state index in [0.29, 0.717) is 0 Å². The number of nitrogens with zero attached hydrogens (tertiary/aromatic N) is 1. The Balaban J connectivity index is 0.000000136. The summed E-state index contributed by atoms with van der Waals surface area (Å²) in [6.45, 7) is 5.27. The molecule has 6 rings (SSSR count). The quantitative estimate of drug-likeness (QED) is 0.297. The molecule has 3 heteroatoms. The molecular formula is C29H26N2O. The molecule has 4 aromatic carbocycles. The molecule has 2 heterocycles. The molecule has 3 nitrogen and oxygen atoms in total. The number of H-pyrrole nitrogens is 1. The number of benzene rings is 4. The van der Waals surface area contributed by atoms with E-state index in [0.717, 1.165) is 30.2 Å². The molecule has 158 valence electrons. The van der Waals surface area contributed by atoms with E-state index >= 15 is 0 Å². The Hall–Kier alpha value is -3.85. The molecule has 0 spiro atoms. The lowest BCUT2D eigenvalue weighted by Gasteiger charge is -2.02. The lowest BCUT2D eigenvalue weighted by atomic mass is 10.1. The number of aromatic nitrogens is 2. The smallest absolute Gasteiger partial charge is 0.150 e. The van der Waals surface area contributed by atoms with E-state index in [-0.39, 0.29) is 0 Å². The number of hydrogen-bond acceptors (Lipinski definition) is 1. The van der Waals surface area contributed by atoms with E-state index in [1.54, 1.807) is 0 Å². The van der Waals surface area contributed by atoms with Crippen LogP contribution in [0.1, 0.15) is 29.8 Å². The highest BCUT2D eigenvalue weighted by Crippen LogP contribution is 2.29. The zero-order valence-electron chi connectivity index (χ0n) is 18.4. The van der Waals surface area contributed by atoms with Crippen molar-refractivity contribution in [3.8, 4) is 0 Å². The first kappa shape index (κ1) is 20.1. The molecule has 0 bridgehead atoms. The van der Waals surface area contributed by atoms with Crippen LogP contribution in [0.15, 0.2) is 84.9 Å². The molecule has 32 heavy (non-hydrogen) atoms. The highest BCUT2D eigenvalue weighted by Gasteiger charge is 2.09. The molecule has 0 fully saturated rings. The zero-order valence-corrected chi connectivity index (χ0v) is 18.4. The van der Waals surface area contributed by atoms with Gasteiger partial charge in [0.05, 0.1) is 0 Å². The maximum Gasteiger partial charge on any atom is 0.150 e. The average molecular weight is 419 g/mol. The van der Waals surface area contributed by atoms with Crippen LogP contribution in [0.25, 0.3) is 43.6 Å². The molecule has 0 amide bonds. The van der Waals surface area contributed by atoms with Crippen molar-refractivity contribution in [2.24, 2.45) is 0 Å². The minimum Gasteiger partial charge on any atom is -0.354 e. The molecule has 0 aliphatic rings. The topological polar surface area (TPSA) is 37.8 Å². The highest BCUT2D eigenvalue weighted by molar-refractivity contribution is 6.09. The lowest BCUT2D eigenvalue weighted by Crippen LogP contribution is -1.92. The summed E-state index contributed by atoms with van der Waals surface area (Å²) in [5.74, 6) is 0. The molecule has 0 radical (unpaired) electrons. The van der Waals surface area contributed by atoms with E-state index in [4.69, 9.17) is 0 Å². The summed E-state index contributed by atoms with van der Waals surface area (Å²) in [6.07, 6.45) is 1.97. The third kappa shape index (κ3) is 3.27. The average Bonchev–Trinajstić information content (AvgIpc) is 3.39. The van der Waals surface area contributed by atoms with Crippen LogP contribution in [0.4, 0.5) is 0 Å². The van der Waals surface area contributed by atoms with Crippen molar-refractivity contribution in [1.29, 1.82) is 0 Å². The van der Waals surface area contributed by atoms with Crippen LogP contribution in [0.3, 0.4) is 0 Å². The van der Waals surface area contributed by atoms with Crippen molar-refractivity contribution in [3.63, 3.8) is 0 Å². The first-order valence-electron chi connectivity index (χ1n) is 11.2. The van der Waals surface area contributed by atoms with Crippen LogP contribution < -0.4 is 0 Å². The third-order valence-corrected chi connectivity index (χ3v) is 6.26. The van der Waals surface area contributed by atoms with Gasteiger partial charge in [0, 0.05) is 55.7 Å². The molecule has 0 aliphatic carbocycles. The Labute approximate surface area is 187 Å². The van der Waals surface area contributed by atoms with Gasteiger partial charge in [0.1, 0.15) is 6.29 Å². The second-order valence-corrected chi connectivity index (χ2v) is 8.02. The van der Waals surface area contributed by atoms with Gasteiger partial charge in [-0.2, -0.15) is 0 Å². The molecule has 0 unspecified atom stereocenters. The number of aryl methyl sites for hydroxylation is 2. The van der Waals surface area contributed by atoms with Gasteiger partial charge in [0.25, 0.3) is 0 Å². The maximum atomic E-state index is 10.9. The Morgan fingerprint density at radius 3 is 2.25 bits per heavy atom. The minimum absolute atomic E-state index is 0.733. The van der Waals surface area contributed by atoms with Crippen molar-refractivity contribution in [2.75, 3.05) is 0 Å². The largest absolute Gasteiger partial charge is 0.354 e. The minimum atomic E-state index is 0.733. The Kier molecular flexibility index (Phi) is 5.24. The Bertz CT molecular complexity index is 1570. The van der Waals surface area contributed by atoms with Crippen molar-refractivity contribution in [1.82, 2.24) is 9.55 Å². The number of fused-ring (bicyclic) bond motifs is 6. The van der Waals surface area contributed by atoms with Gasteiger partial charge in [-0.3, -0.25) is 4.79 Å². The van der Waals surface area contributed by atoms with E-state index in [9.17, 15) is 4.79 Å². The highest BCUT2D eigenvalue weighted by atomic mass is 16.1. The Morgan fingerprint density at radius 1 is 0.750 bits per heavy atom. The molecule has 0 atom stereocenters. The summed E-state index contributed by atoms with van der Waals surface area (Å²) in [5.41, 5.74) is 7.07. The zero-order chi connectivity index (χ0) is 22.1. The van der Waals surface area contributed by atoms with Gasteiger partial charge in [-0.05, 0) is 49.2 Å². The number of rotatable bonds is 3.